The van der Waals surface area contributed by atoms with Crippen molar-refractivity contribution in [3.63, 3.8) is 0 Å². The van der Waals surface area contributed by atoms with Crippen LogP contribution < -0.4 is 5.32 Å². The van der Waals surface area contributed by atoms with Crippen molar-refractivity contribution in [2.24, 2.45) is 0 Å². The van der Waals surface area contributed by atoms with Crippen molar-refractivity contribution >= 4 is 35.0 Å². The summed E-state index contributed by atoms with van der Waals surface area (Å²) in [6.07, 6.45) is -1.52. The van der Waals surface area contributed by atoms with Crippen LogP contribution in [0.4, 0.5) is 18.9 Å². The maximum absolute atomic E-state index is 12.7. The molecule has 116 valence electrons. The van der Waals surface area contributed by atoms with Gasteiger partial charge in [0.05, 0.1) is 16.3 Å². The van der Waals surface area contributed by atoms with Crippen LogP contribution in [0.1, 0.15) is 5.56 Å². The zero-order chi connectivity index (χ0) is 16.2. The molecule has 0 bridgehead atoms. The van der Waals surface area contributed by atoms with E-state index in [0.717, 1.165) is 23.9 Å². The van der Waals surface area contributed by atoms with E-state index in [9.17, 15) is 18.0 Å². The minimum atomic E-state index is -4.58. The zero-order valence-corrected chi connectivity index (χ0v) is 12.5. The molecule has 9 heteroatoms. The molecular formula is C13H9ClF3N3OS. The molecule has 1 aromatic heterocycles. The molecule has 1 amide bonds. The number of aromatic nitrogens is 2. The molecule has 4 nitrogen and oxygen atoms in total. The van der Waals surface area contributed by atoms with Crippen molar-refractivity contribution in [2.75, 3.05) is 11.1 Å². The number of halogens is 4. The standard InChI is InChI=1S/C13H9ClF3N3OS/c14-10-3-2-8(6-9(10)13(15,16)17)20-11(21)7-22-12-18-4-1-5-19-12/h1-6H,7H2,(H,20,21). The minimum Gasteiger partial charge on any atom is -0.325 e. The zero-order valence-electron chi connectivity index (χ0n) is 10.9. The molecule has 0 radical (unpaired) electrons. The maximum Gasteiger partial charge on any atom is 0.417 e. The third-order valence-corrected chi connectivity index (χ3v) is 3.64. The van der Waals surface area contributed by atoms with Crippen molar-refractivity contribution in [1.29, 1.82) is 0 Å². The second kappa shape index (κ2) is 6.97. The van der Waals surface area contributed by atoms with Crippen molar-refractivity contribution < 1.29 is 18.0 Å². The molecule has 0 saturated heterocycles. The average molecular weight is 348 g/mol. The molecule has 2 rings (SSSR count). The van der Waals surface area contributed by atoms with Gasteiger partial charge < -0.3 is 5.32 Å². The highest BCUT2D eigenvalue weighted by molar-refractivity contribution is 7.99. The van der Waals surface area contributed by atoms with Gasteiger partial charge in [0.15, 0.2) is 5.16 Å². The Labute approximate surface area is 133 Å². The smallest absolute Gasteiger partial charge is 0.325 e. The number of thioether (sulfide) groups is 1. The van der Waals surface area contributed by atoms with E-state index in [1.165, 1.54) is 18.5 Å². The number of benzene rings is 1. The average Bonchev–Trinajstić information content (AvgIpc) is 2.47. The second-order valence-electron chi connectivity index (χ2n) is 4.06. The van der Waals surface area contributed by atoms with Gasteiger partial charge in [-0.1, -0.05) is 23.4 Å². The molecular weight excluding hydrogens is 339 g/mol. The van der Waals surface area contributed by atoms with Gasteiger partial charge >= 0.3 is 6.18 Å². The summed E-state index contributed by atoms with van der Waals surface area (Å²) in [5.74, 6) is -0.485. The quantitative estimate of drug-likeness (QED) is 0.673. The van der Waals surface area contributed by atoms with E-state index >= 15 is 0 Å². The molecule has 0 aliphatic heterocycles. The number of carbonyl (C=O) groups excluding carboxylic acids is 1. The molecule has 1 N–H and O–H groups in total. The second-order valence-corrected chi connectivity index (χ2v) is 5.41. The predicted molar refractivity (Wildman–Crippen MR) is 77.8 cm³/mol. The summed E-state index contributed by atoms with van der Waals surface area (Å²) in [7, 11) is 0. The molecule has 0 spiro atoms. The molecule has 0 saturated carbocycles. The van der Waals surface area contributed by atoms with E-state index in [1.54, 1.807) is 6.07 Å². The summed E-state index contributed by atoms with van der Waals surface area (Å²) in [5, 5.41) is 2.37. The van der Waals surface area contributed by atoms with E-state index in [2.05, 4.69) is 15.3 Å². The van der Waals surface area contributed by atoms with Gasteiger partial charge in [0, 0.05) is 18.1 Å². The fraction of sp³-hybridized carbons (Fsp3) is 0.154. The fourth-order valence-corrected chi connectivity index (χ4v) is 2.34. The van der Waals surface area contributed by atoms with Crippen LogP contribution in [0, 0.1) is 0 Å². The van der Waals surface area contributed by atoms with Gasteiger partial charge in [0.1, 0.15) is 0 Å². The molecule has 0 atom stereocenters. The first-order valence-corrected chi connectivity index (χ1v) is 7.29. The van der Waals surface area contributed by atoms with E-state index in [1.807, 2.05) is 0 Å². The summed E-state index contributed by atoms with van der Waals surface area (Å²) in [5.41, 5.74) is -0.970. The van der Waals surface area contributed by atoms with Crippen LogP contribution in [0.25, 0.3) is 0 Å². The first kappa shape index (κ1) is 16.6. The summed E-state index contributed by atoms with van der Waals surface area (Å²) >= 11 is 6.58. The van der Waals surface area contributed by atoms with E-state index in [4.69, 9.17) is 11.6 Å². The van der Waals surface area contributed by atoms with Gasteiger partial charge in [-0.2, -0.15) is 13.2 Å². The van der Waals surface area contributed by atoms with E-state index < -0.39 is 22.7 Å². The third-order valence-electron chi connectivity index (χ3n) is 2.43. The molecule has 22 heavy (non-hydrogen) atoms. The first-order valence-electron chi connectivity index (χ1n) is 5.92. The Morgan fingerprint density at radius 2 is 1.95 bits per heavy atom. The minimum absolute atomic E-state index is 0.0199. The summed E-state index contributed by atoms with van der Waals surface area (Å²) in [6, 6.07) is 4.83. The van der Waals surface area contributed by atoms with Crippen molar-refractivity contribution in [3.8, 4) is 0 Å². The molecule has 1 heterocycles. The van der Waals surface area contributed by atoms with E-state index in [0.29, 0.717) is 5.16 Å². The van der Waals surface area contributed by atoms with Gasteiger partial charge in [0.2, 0.25) is 5.91 Å². The molecule has 1 aromatic carbocycles. The SMILES string of the molecule is O=C(CSc1ncccn1)Nc1ccc(Cl)c(C(F)(F)F)c1. The van der Waals surface area contributed by atoms with Crippen LogP contribution in [-0.4, -0.2) is 21.6 Å². The Balaban J connectivity index is 2.00. The summed E-state index contributed by atoms with van der Waals surface area (Å²) < 4.78 is 38.2. The van der Waals surface area contributed by atoms with Gasteiger partial charge in [-0.25, -0.2) is 9.97 Å². The van der Waals surface area contributed by atoms with Crippen molar-refractivity contribution in [3.05, 3.63) is 47.2 Å². The number of carbonyl (C=O) groups is 1. The van der Waals surface area contributed by atoms with Gasteiger partial charge in [-0.3, -0.25) is 4.79 Å². The van der Waals surface area contributed by atoms with Gasteiger partial charge in [0.25, 0.3) is 0 Å². The van der Waals surface area contributed by atoms with Gasteiger partial charge in [-0.15, -0.1) is 0 Å². The van der Waals surface area contributed by atoms with Gasteiger partial charge in [-0.05, 0) is 24.3 Å². The Morgan fingerprint density at radius 1 is 1.27 bits per heavy atom. The van der Waals surface area contributed by atoms with Crippen LogP contribution in [0.3, 0.4) is 0 Å². The number of anilines is 1. The Morgan fingerprint density at radius 3 is 2.59 bits per heavy atom. The van der Waals surface area contributed by atoms with Crippen molar-refractivity contribution in [1.82, 2.24) is 9.97 Å². The third kappa shape index (κ3) is 4.60. The van der Waals surface area contributed by atoms with Crippen LogP contribution >= 0.6 is 23.4 Å². The lowest BCUT2D eigenvalue weighted by Gasteiger charge is -2.11. The number of rotatable bonds is 4. The Bertz CT molecular complexity index is 667. The van der Waals surface area contributed by atoms with Crippen LogP contribution in [0.2, 0.25) is 5.02 Å². The molecule has 0 aliphatic carbocycles. The number of nitrogens with zero attached hydrogens (tertiary/aromatic N) is 2. The predicted octanol–water partition coefficient (Wildman–Crippen LogP) is 3.88. The molecule has 2 aromatic rings. The normalized spacial score (nSPS) is 11.3. The lowest BCUT2D eigenvalue weighted by atomic mass is 10.2. The Hall–Kier alpha value is -1.80. The fourth-order valence-electron chi connectivity index (χ4n) is 1.51. The highest BCUT2D eigenvalue weighted by Crippen LogP contribution is 2.36. The van der Waals surface area contributed by atoms with Crippen LogP contribution in [0.5, 0.6) is 0 Å². The van der Waals surface area contributed by atoms with Crippen molar-refractivity contribution in [2.45, 2.75) is 11.3 Å². The monoisotopic (exact) mass is 347 g/mol. The molecule has 0 unspecified atom stereocenters. The number of alkyl halides is 3. The lowest BCUT2D eigenvalue weighted by Crippen LogP contribution is -2.15. The number of hydrogen-bond donors (Lipinski definition) is 1. The summed E-state index contributed by atoms with van der Waals surface area (Å²) in [4.78, 5) is 19.6. The van der Waals surface area contributed by atoms with Crippen LogP contribution in [-0.2, 0) is 11.0 Å². The maximum atomic E-state index is 12.7. The number of hydrogen-bond acceptors (Lipinski definition) is 4. The lowest BCUT2D eigenvalue weighted by molar-refractivity contribution is -0.137. The molecule has 0 fully saturated rings. The topological polar surface area (TPSA) is 54.9 Å². The number of amides is 1. The highest BCUT2D eigenvalue weighted by atomic mass is 35.5. The first-order chi connectivity index (χ1) is 10.4. The van der Waals surface area contributed by atoms with E-state index in [-0.39, 0.29) is 11.4 Å². The highest BCUT2D eigenvalue weighted by Gasteiger charge is 2.33. The largest absolute Gasteiger partial charge is 0.417 e. The number of nitrogens with one attached hydrogen (secondary N) is 1. The Kier molecular flexibility index (Phi) is 5.25. The van der Waals surface area contributed by atoms with Crippen LogP contribution in [0.15, 0.2) is 41.8 Å². The molecule has 0 aliphatic rings. The summed E-state index contributed by atoms with van der Waals surface area (Å²) in [6.45, 7) is 0.